The third-order valence-corrected chi connectivity index (χ3v) is 3.28. The van der Waals surface area contributed by atoms with Crippen molar-refractivity contribution in [2.24, 2.45) is 0 Å². The first-order chi connectivity index (χ1) is 7.58. The molecule has 16 heavy (non-hydrogen) atoms. The van der Waals surface area contributed by atoms with Crippen LogP contribution in [0.5, 0.6) is 0 Å². The van der Waals surface area contributed by atoms with Crippen molar-refractivity contribution in [3.63, 3.8) is 0 Å². The van der Waals surface area contributed by atoms with Crippen LogP contribution in [0.2, 0.25) is 0 Å². The minimum Gasteiger partial charge on any atom is -0.381 e. The zero-order chi connectivity index (χ0) is 11.8. The van der Waals surface area contributed by atoms with Crippen LogP contribution in [0.3, 0.4) is 0 Å². The number of carbonyl (C=O) groups excluding carboxylic acids is 1. The molecule has 1 aliphatic rings. The first kappa shape index (κ1) is 11.1. The van der Waals surface area contributed by atoms with E-state index in [0.29, 0.717) is 18.4 Å². The summed E-state index contributed by atoms with van der Waals surface area (Å²) >= 11 is 0. The molecular formula is C14H16O2. The van der Waals surface area contributed by atoms with E-state index in [1.165, 1.54) is 0 Å². The molecule has 0 amide bonds. The Labute approximate surface area is 95.6 Å². The number of Topliss-reactive ketones (excluding diaryl/α,β-unsaturated/α-hetero) is 1. The minimum absolute atomic E-state index is 0.126. The smallest absolute Gasteiger partial charge is 0.195 e. The van der Waals surface area contributed by atoms with Gasteiger partial charge in [-0.25, -0.2) is 0 Å². The fourth-order valence-electron chi connectivity index (χ4n) is 2.30. The molecule has 0 fully saturated rings. The van der Waals surface area contributed by atoms with Gasteiger partial charge in [-0.2, -0.15) is 0 Å². The van der Waals surface area contributed by atoms with Crippen LogP contribution in [0.25, 0.3) is 5.57 Å². The largest absolute Gasteiger partial charge is 0.381 e. The zero-order valence-electron chi connectivity index (χ0n) is 9.66. The van der Waals surface area contributed by atoms with Crippen molar-refractivity contribution in [1.29, 1.82) is 0 Å². The summed E-state index contributed by atoms with van der Waals surface area (Å²) in [6.45, 7) is 3.77. The predicted octanol–water partition coefficient (Wildman–Crippen LogP) is 2.57. The van der Waals surface area contributed by atoms with E-state index in [4.69, 9.17) is 0 Å². The molecule has 0 saturated carbocycles. The van der Waals surface area contributed by atoms with Crippen molar-refractivity contribution in [1.82, 2.24) is 0 Å². The van der Waals surface area contributed by atoms with Crippen molar-refractivity contribution in [2.45, 2.75) is 32.3 Å². The number of aliphatic hydroxyl groups is 1. The van der Waals surface area contributed by atoms with Gasteiger partial charge in [0.15, 0.2) is 5.78 Å². The summed E-state index contributed by atoms with van der Waals surface area (Å²) in [5, 5.41) is 10.2. The van der Waals surface area contributed by atoms with E-state index in [1.54, 1.807) is 0 Å². The highest BCUT2D eigenvalue weighted by Crippen LogP contribution is 2.38. The highest BCUT2D eigenvalue weighted by molar-refractivity contribution is 6.27. The summed E-state index contributed by atoms with van der Waals surface area (Å²) in [5.74, 6) is -0.126. The maximum atomic E-state index is 12.2. The Morgan fingerprint density at radius 3 is 2.44 bits per heavy atom. The number of hydrogen-bond donors (Lipinski definition) is 1. The van der Waals surface area contributed by atoms with Crippen molar-refractivity contribution >= 4 is 11.4 Å². The molecule has 1 atom stereocenters. The molecule has 0 aliphatic heterocycles. The van der Waals surface area contributed by atoms with Crippen molar-refractivity contribution in [3.8, 4) is 0 Å². The van der Waals surface area contributed by atoms with Gasteiger partial charge in [-0.05, 0) is 18.9 Å². The molecule has 0 saturated heterocycles. The van der Waals surface area contributed by atoms with Gasteiger partial charge in [-0.1, -0.05) is 42.8 Å². The molecule has 2 rings (SSSR count). The molecule has 1 N–H and O–H groups in total. The molecule has 1 aromatic carbocycles. The van der Waals surface area contributed by atoms with E-state index in [9.17, 15) is 9.90 Å². The van der Waals surface area contributed by atoms with E-state index in [-0.39, 0.29) is 5.78 Å². The van der Waals surface area contributed by atoms with Gasteiger partial charge in [0, 0.05) is 12.0 Å². The van der Waals surface area contributed by atoms with E-state index >= 15 is 0 Å². The van der Waals surface area contributed by atoms with Crippen molar-refractivity contribution in [3.05, 3.63) is 41.5 Å². The van der Waals surface area contributed by atoms with Crippen LogP contribution in [0.1, 0.15) is 32.3 Å². The minimum atomic E-state index is -1.17. The number of carbonyl (C=O) groups is 1. The summed E-state index contributed by atoms with van der Waals surface area (Å²) in [5.41, 5.74) is 1.43. The second-order valence-corrected chi connectivity index (χ2v) is 4.41. The molecule has 0 aromatic heterocycles. The molecule has 0 bridgehead atoms. The Morgan fingerprint density at radius 1 is 1.31 bits per heavy atom. The highest BCUT2D eigenvalue weighted by atomic mass is 16.3. The molecular weight excluding hydrogens is 200 g/mol. The molecule has 0 heterocycles. The van der Waals surface area contributed by atoms with Crippen LogP contribution >= 0.6 is 0 Å². The lowest BCUT2D eigenvalue weighted by atomic mass is 9.93. The normalized spacial score (nSPS) is 25.3. The van der Waals surface area contributed by atoms with Crippen LogP contribution in [0.15, 0.2) is 35.9 Å². The van der Waals surface area contributed by atoms with Gasteiger partial charge in [0.2, 0.25) is 0 Å². The summed E-state index contributed by atoms with van der Waals surface area (Å²) in [6.07, 6.45) is 0.937. The van der Waals surface area contributed by atoms with Gasteiger partial charge in [0.05, 0.1) is 0 Å². The molecule has 1 aromatic rings. The van der Waals surface area contributed by atoms with Crippen molar-refractivity contribution < 1.29 is 9.90 Å². The van der Waals surface area contributed by atoms with Crippen LogP contribution < -0.4 is 0 Å². The first-order valence-electron chi connectivity index (χ1n) is 5.61. The Bertz CT molecular complexity index is 445. The van der Waals surface area contributed by atoms with Gasteiger partial charge in [0.1, 0.15) is 5.60 Å². The predicted molar refractivity (Wildman–Crippen MR) is 63.9 cm³/mol. The fraction of sp³-hybridized carbons (Fsp3) is 0.357. The zero-order valence-corrected chi connectivity index (χ0v) is 9.66. The van der Waals surface area contributed by atoms with Gasteiger partial charge in [-0.15, -0.1) is 0 Å². The maximum Gasteiger partial charge on any atom is 0.195 e. The maximum absolute atomic E-state index is 12.2. The Hall–Kier alpha value is -1.41. The lowest BCUT2D eigenvalue weighted by molar-refractivity contribution is -0.129. The van der Waals surface area contributed by atoms with Crippen LogP contribution in [-0.2, 0) is 4.79 Å². The third-order valence-electron chi connectivity index (χ3n) is 3.28. The molecule has 2 nitrogen and oxygen atoms in total. The Morgan fingerprint density at radius 2 is 1.94 bits per heavy atom. The molecule has 0 radical (unpaired) electrons. The number of rotatable bonds is 2. The summed E-state index contributed by atoms with van der Waals surface area (Å²) in [6, 6.07) is 9.57. The Balaban J connectivity index is 2.44. The van der Waals surface area contributed by atoms with E-state index in [0.717, 1.165) is 11.1 Å². The lowest BCUT2D eigenvalue weighted by Gasteiger charge is -2.18. The van der Waals surface area contributed by atoms with Crippen molar-refractivity contribution in [2.75, 3.05) is 0 Å². The summed E-state index contributed by atoms with van der Waals surface area (Å²) in [7, 11) is 0. The second kappa shape index (κ2) is 3.87. The standard InChI is InChI=1S/C14H16O2/c1-3-14(16)9-10(2)12(13(14)15)11-7-5-4-6-8-11/h4-8,16H,3,9H2,1-2H3. The number of benzene rings is 1. The number of ketones is 1. The van der Waals surface area contributed by atoms with Crippen LogP contribution in [0, 0.1) is 0 Å². The van der Waals surface area contributed by atoms with Gasteiger partial charge >= 0.3 is 0 Å². The van der Waals surface area contributed by atoms with Crippen LogP contribution in [-0.4, -0.2) is 16.5 Å². The number of hydrogen-bond acceptors (Lipinski definition) is 2. The average molecular weight is 216 g/mol. The lowest BCUT2D eigenvalue weighted by Crippen LogP contribution is -2.34. The third kappa shape index (κ3) is 1.59. The summed E-state index contributed by atoms with van der Waals surface area (Å²) in [4.78, 5) is 12.2. The second-order valence-electron chi connectivity index (χ2n) is 4.41. The molecule has 84 valence electrons. The molecule has 1 unspecified atom stereocenters. The summed E-state index contributed by atoms with van der Waals surface area (Å²) < 4.78 is 0. The van der Waals surface area contributed by atoms with E-state index < -0.39 is 5.60 Å². The SMILES string of the molecule is CCC1(O)CC(C)=C(c2ccccc2)C1=O. The molecule has 0 spiro atoms. The van der Waals surface area contributed by atoms with Gasteiger partial charge in [0.25, 0.3) is 0 Å². The first-order valence-corrected chi connectivity index (χ1v) is 5.61. The van der Waals surface area contributed by atoms with Gasteiger partial charge in [-0.3, -0.25) is 4.79 Å². The van der Waals surface area contributed by atoms with Crippen LogP contribution in [0.4, 0.5) is 0 Å². The molecule has 2 heteroatoms. The fourth-order valence-corrected chi connectivity index (χ4v) is 2.30. The monoisotopic (exact) mass is 216 g/mol. The molecule has 1 aliphatic carbocycles. The highest BCUT2D eigenvalue weighted by Gasteiger charge is 2.42. The topological polar surface area (TPSA) is 37.3 Å². The quantitative estimate of drug-likeness (QED) is 0.825. The average Bonchev–Trinajstić information content (AvgIpc) is 2.52. The Kier molecular flexibility index (Phi) is 2.68. The van der Waals surface area contributed by atoms with E-state index in [1.807, 2.05) is 44.2 Å². The van der Waals surface area contributed by atoms with E-state index in [2.05, 4.69) is 0 Å². The van der Waals surface area contributed by atoms with Gasteiger partial charge < -0.3 is 5.11 Å².